The fourth-order valence-corrected chi connectivity index (χ4v) is 3.18. The summed E-state index contributed by atoms with van der Waals surface area (Å²) >= 11 is 10.7. The van der Waals surface area contributed by atoms with E-state index in [1.807, 2.05) is 10.6 Å². The first-order chi connectivity index (χ1) is 9.11. The number of hydrogen-bond donors (Lipinski definition) is 1. The molecule has 1 N–H and O–H groups in total. The van der Waals surface area contributed by atoms with Gasteiger partial charge in [-0.05, 0) is 34.1 Å². The van der Waals surface area contributed by atoms with Crippen molar-refractivity contribution in [1.82, 2.24) is 9.38 Å². The molecule has 3 rings (SSSR count). The summed E-state index contributed by atoms with van der Waals surface area (Å²) in [7, 11) is 0. The number of nitrogens with one attached hydrogen (secondary N) is 1. The van der Waals surface area contributed by atoms with Crippen LogP contribution in [0, 0.1) is 0 Å². The van der Waals surface area contributed by atoms with Crippen molar-refractivity contribution in [3.63, 3.8) is 0 Å². The van der Waals surface area contributed by atoms with Gasteiger partial charge in [0.15, 0.2) is 4.96 Å². The Kier molecular flexibility index (Phi) is 3.30. The molecule has 0 bridgehead atoms. The molecule has 0 saturated carbocycles. The van der Waals surface area contributed by atoms with E-state index in [4.69, 9.17) is 11.6 Å². The van der Waals surface area contributed by atoms with Gasteiger partial charge in [0.25, 0.3) is 5.91 Å². The molecule has 19 heavy (non-hydrogen) atoms. The molecule has 0 saturated heterocycles. The normalized spacial score (nSPS) is 10.8. The summed E-state index contributed by atoms with van der Waals surface area (Å²) in [5.41, 5.74) is 1.02. The Bertz CT molecular complexity index is 736. The van der Waals surface area contributed by atoms with E-state index in [0.29, 0.717) is 16.4 Å². The van der Waals surface area contributed by atoms with Crippen molar-refractivity contribution in [3.8, 4) is 0 Å². The first-order valence-electron chi connectivity index (χ1n) is 5.33. The number of hydrogen-bond acceptors (Lipinski definition) is 3. The largest absolute Gasteiger partial charge is 0.321 e. The predicted octanol–water partition coefficient (Wildman–Crippen LogP) is 4.06. The molecule has 0 fully saturated rings. The van der Waals surface area contributed by atoms with Crippen molar-refractivity contribution in [2.45, 2.75) is 0 Å². The number of halogens is 2. The highest BCUT2D eigenvalue weighted by Gasteiger charge is 2.12. The summed E-state index contributed by atoms with van der Waals surface area (Å²) in [4.78, 5) is 17.1. The number of rotatable bonds is 2. The van der Waals surface area contributed by atoms with Crippen molar-refractivity contribution >= 4 is 55.4 Å². The maximum atomic E-state index is 12.0. The molecule has 96 valence electrons. The first kappa shape index (κ1) is 12.7. The minimum absolute atomic E-state index is 0.255. The van der Waals surface area contributed by atoms with Gasteiger partial charge in [0.1, 0.15) is 5.69 Å². The Labute approximate surface area is 126 Å². The van der Waals surface area contributed by atoms with Gasteiger partial charge in [0, 0.05) is 23.1 Å². The number of carbonyl (C=O) groups is 1. The van der Waals surface area contributed by atoms with Gasteiger partial charge in [-0.1, -0.05) is 29.0 Å². The number of carbonyl (C=O) groups excluding carboxylic acids is 1. The van der Waals surface area contributed by atoms with E-state index in [0.717, 1.165) is 8.75 Å². The monoisotopic (exact) mass is 355 g/mol. The van der Waals surface area contributed by atoms with Crippen molar-refractivity contribution in [2.75, 3.05) is 5.32 Å². The highest BCUT2D eigenvalue weighted by atomic mass is 79.9. The van der Waals surface area contributed by atoms with E-state index in [2.05, 4.69) is 26.2 Å². The highest BCUT2D eigenvalue weighted by Crippen LogP contribution is 2.23. The van der Waals surface area contributed by atoms with Crippen LogP contribution >= 0.6 is 38.9 Å². The molecule has 0 spiro atoms. The number of amides is 1. The number of benzene rings is 1. The third-order valence-corrected chi connectivity index (χ3v) is 4.15. The van der Waals surface area contributed by atoms with Crippen LogP contribution in [0.25, 0.3) is 4.96 Å². The molecule has 0 radical (unpaired) electrons. The minimum atomic E-state index is -0.255. The molecule has 0 atom stereocenters. The van der Waals surface area contributed by atoms with Crippen LogP contribution in [0.1, 0.15) is 10.5 Å². The standard InChI is InChI=1S/C12H7BrClN3OS/c13-10-6-17-5-9(16-12(17)19-10)11(18)15-8-3-1-2-7(14)4-8/h1-6H,(H,15,18). The van der Waals surface area contributed by atoms with E-state index < -0.39 is 0 Å². The summed E-state index contributed by atoms with van der Waals surface area (Å²) in [6.07, 6.45) is 3.56. The molecule has 2 aromatic heterocycles. The zero-order chi connectivity index (χ0) is 13.4. The van der Waals surface area contributed by atoms with E-state index >= 15 is 0 Å². The molecule has 1 aromatic carbocycles. The van der Waals surface area contributed by atoms with Crippen LogP contribution in [0.2, 0.25) is 5.02 Å². The third kappa shape index (κ3) is 2.65. The molecule has 7 heteroatoms. The summed E-state index contributed by atoms with van der Waals surface area (Å²) in [6.45, 7) is 0. The molecule has 0 unspecified atom stereocenters. The van der Waals surface area contributed by atoms with Gasteiger partial charge < -0.3 is 5.32 Å². The van der Waals surface area contributed by atoms with E-state index in [1.54, 1.807) is 30.5 Å². The molecule has 2 heterocycles. The van der Waals surface area contributed by atoms with Gasteiger partial charge >= 0.3 is 0 Å². The van der Waals surface area contributed by atoms with Gasteiger partial charge in [-0.25, -0.2) is 4.98 Å². The number of aromatic nitrogens is 2. The lowest BCUT2D eigenvalue weighted by molar-refractivity contribution is 0.102. The SMILES string of the molecule is O=C(Nc1cccc(Cl)c1)c1cn2cc(Br)sc2n1. The molecule has 3 aromatic rings. The lowest BCUT2D eigenvalue weighted by Gasteiger charge is -2.02. The van der Waals surface area contributed by atoms with Crippen LogP contribution < -0.4 is 5.32 Å². The molecule has 0 aliphatic rings. The summed E-state index contributed by atoms with van der Waals surface area (Å²) in [5, 5.41) is 3.33. The second kappa shape index (κ2) is 4.96. The average molecular weight is 357 g/mol. The van der Waals surface area contributed by atoms with Crippen LogP contribution in [-0.2, 0) is 0 Å². The second-order valence-electron chi connectivity index (χ2n) is 3.82. The Balaban J connectivity index is 1.85. The van der Waals surface area contributed by atoms with Crippen LogP contribution in [0.15, 0.2) is 40.4 Å². The Morgan fingerprint density at radius 1 is 1.42 bits per heavy atom. The van der Waals surface area contributed by atoms with Gasteiger partial charge in [-0.2, -0.15) is 0 Å². The van der Waals surface area contributed by atoms with Gasteiger partial charge in [-0.15, -0.1) is 0 Å². The zero-order valence-corrected chi connectivity index (χ0v) is 12.6. The third-order valence-electron chi connectivity index (χ3n) is 2.44. The predicted molar refractivity (Wildman–Crippen MR) is 80.2 cm³/mol. The molecular weight excluding hydrogens is 350 g/mol. The molecule has 0 aliphatic carbocycles. The van der Waals surface area contributed by atoms with E-state index in [1.165, 1.54) is 11.3 Å². The number of anilines is 1. The Morgan fingerprint density at radius 2 is 2.26 bits per heavy atom. The van der Waals surface area contributed by atoms with Crippen molar-refractivity contribution in [3.05, 3.63) is 51.2 Å². The molecule has 4 nitrogen and oxygen atoms in total. The van der Waals surface area contributed by atoms with Gasteiger partial charge in [-0.3, -0.25) is 9.20 Å². The number of thiazole rings is 1. The minimum Gasteiger partial charge on any atom is -0.321 e. The van der Waals surface area contributed by atoms with Crippen molar-refractivity contribution < 1.29 is 4.79 Å². The average Bonchev–Trinajstić information content (AvgIpc) is 2.86. The topological polar surface area (TPSA) is 46.4 Å². The number of nitrogens with zero attached hydrogens (tertiary/aromatic N) is 2. The van der Waals surface area contributed by atoms with Crippen LogP contribution in [-0.4, -0.2) is 15.3 Å². The van der Waals surface area contributed by atoms with Crippen LogP contribution in [0.5, 0.6) is 0 Å². The molecule has 1 amide bonds. The maximum Gasteiger partial charge on any atom is 0.275 e. The van der Waals surface area contributed by atoms with Crippen molar-refractivity contribution in [2.24, 2.45) is 0 Å². The fraction of sp³-hybridized carbons (Fsp3) is 0. The van der Waals surface area contributed by atoms with E-state index in [9.17, 15) is 4.79 Å². The van der Waals surface area contributed by atoms with E-state index in [-0.39, 0.29) is 5.91 Å². The van der Waals surface area contributed by atoms with Gasteiger partial charge in [0.05, 0.1) is 3.79 Å². The van der Waals surface area contributed by atoms with Crippen LogP contribution in [0.3, 0.4) is 0 Å². The quantitative estimate of drug-likeness (QED) is 0.752. The Hall–Kier alpha value is -1.37. The van der Waals surface area contributed by atoms with Gasteiger partial charge in [0.2, 0.25) is 0 Å². The lowest BCUT2D eigenvalue weighted by Crippen LogP contribution is -2.12. The van der Waals surface area contributed by atoms with Crippen LogP contribution in [0.4, 0.5) is 5.69 Å². The highest BCUT2D eigenvalue weighted by molar-refractivity contribution is 9.11. The Morgan fingerprint density at radius 3 is 3.00 bits per heavy atom. The summed E-state index contributed by atoms with van der Waals surface area (Å²) < 4.78 is 2.78. The molecule has 0 aliphatic heterocycles. The zero-order valence-electron chi connectivity index (χ0n) is 9.43. The first-order valence-corrected chi connectivity index (χ1v) is 7.31. The number of imidazole rings is 1. The summed E-state index contributed by atoms with van der Waals surface area (Å²) in [5.74, 6) is -0.255. The van der Waals surface area contributed by atoms with Crippen molar-refractivity contribution in [1.29, 1.82) is 0 Å². The smallest absolute Gasteiger partial charge is 0.275 e. The lowest BCUT2D eigenvalue weighted by atomic mass is 10.3. The number of fused-ring (bicyclic) bond motifs is 1. The summed E-state index contributed by atoms with van der Waals surface area (Å²) in [6, 6.07) is 7.00. The maximum absolute atomic E-state index is 12.0. The second-order valence-corrected chi connectivity index (χ2v) is 6.64. The fourth-order valence-electron chi connectivity index (χ4n) is 1.64. The molecular formula is C12H7BrClN3OS.